The predicted molar refractivity (Wildman–Crippen MR) is 93.9 cm³/mol. The number of carbonyl (C=O) groups excluding carboxylic acids is 2. The number of hydrogen-bond acceptors (Lipinski definition) is 4. The van der Waals surface area contributed by atoms with E-state index in [0.29, 0.717) is 26.1 Å². The van der Waals surface area contributed by atoms with Crippen molar-refractivity contribution >= 4 is 11.8 Å². The maximum absolute atomic E-state index is 12.8. The summed E-state index contributed by atoms with van der Waals surface area (Å²) in [6, 6.07) is 5.94. The molecular formula is C19H27N3O3. The van der Waals surface area contributed by atoms with Crippen LogP contribution in [0.2, 0.25) is 0 Å². The van der Waals surface area contributed by atoms with Gasteiger partial charge in [-0.2, -0.15) is 0 Å². The smallest absolute Gasteiger partial charge is 0.225 e. The van der Waals surface area contributed by atoms with Crippen LogP contribution in [-0.4, -0.2) is 48.0 Å². The Morgan fingerprint density at radius 2 is 2.04 bits per heavy atom. The summed E-state index contributed by atoms with van der Waals surface area (Å²) < 4.78 is 5.37. The minimum atomic E-state index is -0.307. The van der Waals surface area contributed by atoms with Crippen molar-refractivity contribution in [2.45, 2.75) is 44.4 Å². The van der Waals surface area contributed by atoms with Gasteiger partial charge in [0.05, 0.1) is 0 Å². The Kier molecular flexibility index (Phi) is 6.02. The zero-order valence-corrected chi connectivity index (χ0v) is 14.7. The summed E-state index contributed by atoms with van der Waals surface area (Å²) in [6.45, 7) is 2.96. The number of nitrogens with two attached hydrogens (primary N) is 1. The molecule has 2 aliphatic heterocycles. The van der Waals surface area contributed by atoms with E-state index in [1.165, 1.54) is 0 Å². The molecule has 0 unspecified atom stereocenters. The highest BCUT2D eigenvalue weighted by atomic mass is 16.5. The van der Waals surface area contributed by atoms with E-state index >= 15 is 0 Å². The SMILES string of the molecule is NC(=O)CCc1cccc([C@@H]2CCCN(C(=O)C3CCOCC3)C2)n1. The van der Waals surface area contributed by atoms with Gasteiger partial charge in [-0.05, 0) is 44.2 Å². The van der Waals surface area contributed by atoms with Crippen LogP contribution in [0.5, 0.6) is 0 Å². The molecule has 0 saturated carbocycles. The number of piperidine rings is 1. The summed E-state index contributed by atoms with van der Waals surface area (Å²) in [6.07, 6.45) is 4.61. The number of aromatic nitrogens is 1. The second kappa shape index (κ2) is 8.43. The fourth-order valence-electron chi connectivity index (χ4n) is 3.74. The number of amides is 2. The van der Waals surface area contributed by atoms with Gasteiger partial charge in [0, 0.05) is 55.9 Å². The lowest BCUT2D eigenvalue weighted by atomic mass is 9.91. The van der Waals surface area contributed by atoms with Gasteiger partial charge in [0.1, 0.15) is 0 Å². The van der Waals surface area contributed by atoms with Crippen LogP contribution in [0.4, 0.5) is 0 Å². The predicted octanol–water partition coefficient (Wildman–Crippen LogP) is 1.63. The van der Waals surface area contributed by atoms with E-state index in [1.807, 2.05) is 23.1 Å². The molecular weight excluding hydrogens is 318 g/mol. The second-order valence-corrected chi connectivity index (χ2v) is 7.03. The van der Waals surface area contributed by atoms with Crippen molar-refractivity contribution in [2.24, 2.45) is 11.7 Å². The van der Waals surface area contributed by atoms with E-state index < -0.39 is 0 Å². The van der Waals surface area contributed by atoms with Crippen molar-refractivity contribution in [1.29, 1.82) is 0 Å². The standard InChI is InChI=1S/C19H27N3O3/c20-18(23)7-6-16-4-1-5-17(21-16)15-3-2-10-22(13-15)19(24)14-8-11-25-12-9-14/h1,4-5,14-15H,2-3,6-13H2,(H2,20,23)/t15-/m1/s1. The van der Waals surface area contributed by atoms with Crippen LogP contribution in [-0.2, 0) is 20.7 Å². The van der Waals surface area contributed by atoms with Gasteiger partial charge in [0.25, 0.3) is 0 Å². The van der Waals surface area contributed by atoms with Gasteiger partial charge in [0.2, 0.25) is 11.8 Å². The van der Waals surface area contributed by atoms with Crippen molar-refractivity contribution in [3.05, 3.63) is 29.6 Å². The lowest BCUT2D eigenvalue weighted by Crippen LogP contribution is -2.43. The second-order valence-electron chi connectivity index (χ2n) is 7.03. The molecule has 2 fully saturated rings. The molecule has 2 saturated heterocycles. The highest BCUT2D eigenvalue weighted by Crippen LogP contribution is 2.28. The van der Waals surface area contributed by atoms with Crippen LogP contribution in [0.25, 0.3) is 0 Å². The number of likely N-dealkylation sites (tertiary alicyclic amines) is 1. The summed E-state index contributed by atoms with van der Waals surface area (Å²) in [4.78, 5) is 30.5. The van der Waals surface area contributed by atoms with E-state index in [9.17, 15) is 9.59 Å². The molecule has 3 rings (SSSR count). The van der Waals surface area contributed by atoms with Crippen molar-refractivity contribution < 1.29 is 14.3 Å². The Balaban J connectivity index is 1.63. The van der Waals surface area contributed by atoms with Crippen LogP contribution in [0.3, 0.4) is 0 Å². The number of pyridine rings is 1. The average molecular weight is 345 g/mol. The number of rotatable bonds is 5. The van der Waals surface area contributed by atoms with Crippen LogP contribution in [0, 0.1) is 5.92 Å². The number of nitrogens with zero attached hydrogens (tertiary/aromatic N) is 2. The van der Waals surface area contributed by atoms with E-state index in [-0.39, 0.29) is 23.7 Å². The quantitative estimate of drug-likeness (QED) is 0.879. The van der Waals surface area contributed by atoms with E-state index in [2.05, 4.69) is 0 Å². The van der Waals surface area contributed by atoms with Crippen LogP contribution in [0.1, 0.15) is 49.4 Å². The first-order valence-electron chi connectivity index (χ1n) is 9.24. The van der Waals surface area contributed by atoms with Crippen molar-refractivity contribution in [3.8, 4) is 0 Å². The average Bonchev–Trinajstić information content (AvgIpc) is 2.67. The van der Waals surface area contributed by atoms with Crippen LogP contribution >= 0.6 is 0 Å². The molecule has 2 N–H and O–H groups in total. The largest absolute Gasteiger partial charge is 0.381 e. The number of aryl methyl sites for hydroxylation is 1. The first-order chi connectivity index (χ1) is 12.1. The van der Waals surface area contributed by atoms with Gasteiger partial charge in [-0.3, -0.25) is 14.6 Å². The molecule has 0 aliphatic carbocycles. The zero-order chi connectivity index (χ0) is 17.6. The van der Waals surface area contributed by atoms with Gasteiger partial charge >= 0.3 is 0 Å². The summed E-state index contributed by atoms with van der Waals surface area (Å²) in [5.41, 5.74) is 7.14. The zero-order valence-electron chi connectivity index (χ0n) is 14.7. The van der Waals surface area contributed by atoms with E-state index in [1.54, 1.807) is 0 Å². The lowest BCUT2D eigenvalue weighted by Gasteiger charge is -2.35. The lowest BCUT2D eigenvalue weighted by molar-refractivity contribution is -0.139. The monoisotopic (exact) mass is 345 g/mol. The normalized spacial score (nSPS) is 21.9. The van der Waals surface area contributed by atoms with E-state index in [4.69, 9.17) is 15.5 Å². The molecule has 6 nitrogen and oxygen atoms in total. The Morgan fingerprint density at radius 1 is 1.24 bits per heavy atom. The molecule has 0 spiro atoms. The Hall–Kier alpha value is -1.95. The van der Waals surface area contributed by atoms with Gasteiger partial charge in [-0.25, -0.2) is 0 Å². The fraction of sp³-hybridized carbons (Fsp3) is 0.632. The molecule has 3 heterocycles. The Morgan fingerprint density at radius 3 is 2.80 bits per heavy atom. The third-order valence-electron chi connectivity index (χ3n) is 5.18. The third-order valence-corrected chi connectivity index (χ3v) is 5.18. The summed E-state index contributed by atoms with van der Waals surface area (Å²) >= 11 is 0. The topological polar surface area (TPSA) is 85.5 Å². The highest BCUT2D eigenvalue weighted by molar-refractivity contribution is 5.79. The molecule has 1 atom stereocenters. The maximum atomic E-state index is 12.8. The number of carbonyl (C=O) groups is 2. The highest BCUT2D eigenvalue weighted by Gasteiger charge is 2.31. The molecule has 2 aliphatic rings. The summed E-state index contributed by atoms with van der Waals surface area (Å²) in [5, 5.41) is 0. The summed E-state index contributed by atoms with van der Waals surface area (Å²) in [7, 11) is 0. The molecule has 6 heteroatoms. The van der Waals surface area contributed by atoms with E-state index in [0.717, 1.165) is 50.2 Å². The molecule has 0 bridgehead atoms. The minimum Gasteiger partial charge on any atom is -0.381 e. The number of primary amides is 1. The molecule has 25 heavy (non-hydrogen) atoms. The first-order valence-corrected chi connectivity index (χ1v) is 9.24. The van der Waals surface area contributed by atoms with Crippen LogP contribution < -0.4 is 5.73 Å². The van der Waals surface area contributed by atoms with Crippen molar-refractivity contribution in [1.82, 2.24) is 9.88 Å². The maximum Gasteiger partial charge on any atom is 0.225 e. The Bertz CT molecular complexity index is 614. The Labute approximate surface area is 148 Å². The van der Waals surface area contributed by atoms with Crippen molar-refractivity contribution in [2.75, 3.05) is 26.3 Å². The van der Waals surface area contributed by atoms with Crippen molar-refractivity contribution in [3.63, 3.8) is 0 Å². The van der Waals surface area contributed by atoms with Crippen LogP contribution in [0.15, 0.2) is 18.2 Å². The molecule has 2 amide bonds. The molecule has 1 aromatic heterocycles. The first kappa shape index (κ1) is 17.9. The number of hydrogen-bond donors (Lipinski definition) is 1. The molecule has 136 valence electrons. The number of ether oxygens (including phenoxy) is 1. The summed E-state index contributed by atoms with van der Waals surface area (Å²) in [5.74, 6) is 0.351. The van der Waals surface area contributed by atoms with Gasteiger partial charge < -0.3 is 15.4 Å². The van der Waals surface area contributed by atoms with Gasteiger partial charge in [-0.15, -0.1) is 0 Å². The fourth-order valence-corrected chi connectivity index (χ4v) is 3.74. The van der Waals surface area contributed by atoms with Gasteiger partial charge in [-0.1, -0.05) is 6.07 Å². The molecule has 1 aromatic rings. The minimum absolute atomic E-state index is 0.113. The van der Waals surface area contributed by atoms with Gasteiger partial charge in [0.15, 0.2) is 0 Å². The molecule has 0 radical (unpaired) electrons. The third kappa shape index (κ3) is 4.78. The molecule has 0 aromatic carbocycles.